The maximum Gasteiger partial charge on any atom is 0.220 e. The van der Waals surface area contributed by atoms with Crippen LogP contribution in [0, 0.1) is 0 Å². The van der Waals surface area contributed by atoms with Crippen LogP contribution in [0.1, 0.15) is 0 Å². The molecule has 3 aromatic heterocycles. The summed E-state index contributed by atoms with van der Waals surface area (Å²) in [5.74, 6) is 0.940. The van der Waals surface area contributed by atoms with Crippen molar-refractivity contribution in [1.29, 1.82) is 0 Å². The first-order valence-electron chi connectivity index (χ1n) is 10.2. The first-order chi connectivity index (χ1) is 14.8. The van der Waals surface area contributed by atoms with Crippen molar-refractivity contribution in [2.24, 2.45) is 7.05 Å². The van der Waals surface area contributed by atoms with Gasteiger partial charge in [0.1, 0.15) is 0 Å². The summed E-state index contributed by atoms with van der Waals surface area (Å²) in [5, 5.41) is 2.54. The standard InChI is InChI=1S/C26H18N4/c1-28-21-13-7-5-11-18(21)19-15-16-23-25(24(19)28)29(17-9-3-2-4-10-17)26-27-20-12-6-8-14-22(20)30(23)26/h2-16H,1H3. The minimum atomic E-state index is 0.940. The highest BCUT2D eigenvalue weighted by Gasteiger charge is 2.21. The van der Waals surface area contributed by atoms with Gasteiger partial charge in [-0.15, -0.1) is 0 Å². The molecule has 0 radical (unpaired) electrons. The van der Waals surface area contributed by atoms with Crippen molar-refractivity contribution in [2.75, 3.05) is 0 Å². The Kier molecular flexibility index (Phi) is 2.91. The van der Waals surface area contributed by atoms with Crippen molar-refractivity contribution in [3.63, 3.8) is 0 Å². The fourth-order valence-corrected chi connectivity index (χ4v) is 4.96. The first kappa shape index (κ1) is 15.8. The van der Waals surface area contributed by atoms with E-state index in [1.54, 1.807) is 0 Å². The van der Waals surface area contributed by atoms with Gasteiger partial charge in [0.2, 0.25) is 5.78 Å². The molecular formula is C26H18N4. The molecule has 4 nitrogen and oxygen atoms in total. The zero-order chi connectivity index (χ0) is 19.8. The molecule has 0 saturated carbocycles. The number of fused-ring (bicyclic) bond motifs is 9. The lowest BCUT2D eigenvalue weighted by Gasteiger charge is -2.07. The number of nitrogens with zero attached hydrogens (tertiary/aromatic N) is 4. The number of para-hydroxylation sites is 4. The minimum absolute atomic E-state index is 0.940. The van der Waals surface area contributed by atoms with Crippen molar-refractivity contribution in [1.82, 2.24) is 18.5 Å². The van der Waals surface area contributed by atoms with E-state index in [0.29, 0.717) is 0 Å². The van der Waals surface area contributed by atoms with Crippen molar-refractivity contribution in [2.45, 2.75) is 0 Å². The Hall–Kier alpha value is -4.05. The van der Waals surface area contributed by atoms with Gasteiger partial charge in [-0.25, -0.2) is 4.98 Å². The van der Waals surface area contributed by atoms with E-state index >= 15 is 0 Å². The maximum atomic E-state index is 5.04. The van der Waals surface area contributed by atoms with Crippen molar-refractivity contribution in [3.05, 3.63) is 91.0 Å². The molecule has 7 aromatic rings. The summed E-state index contributed by atoms with van der Waals surface area (Å²) in [4.78, 5) is 5.04. The summed E-state index contributed by atoms with van der Waals surface area (Å²) >= 11 is 0. The van der Waals surface area contributed by atoms with Gasteiger partial charge in [-0.2, -0.15) is 0 Å². The Morgan fingerprint density at radius 2 is 1.33 bits per heavy atom. The van der Waals surface area contributed by atoms with Crippen LogP contribution in [0.3, 0.4) is 0 Å². The molecule has 7 rings (SSSR count). The molecule has 4 aromatic carbocycles. The second-order valence-corrected chi connectivity index (χ2v) is 7.81. The maximum absolute atomic E-state index is 5.04. The molecular weight excluding hydrogens is 368 g/mol. The minimum Gasteiger partial charge on any atom is -0.342 e. The SMILES string of the molecule is Cn1c2ccccc2c2ccc3c(c21)n(-c1ccccc1)c1nc2ccccc2n31. The van der Waals surface area contributed by atoms with Gasteiger partial charge in [-0.3, -0.25) is 8.97 Å². The lowest BCUT2D eigenvalue weighted by molar-refractivity contribution is 1.01. The number of benzene rings is 4. The molecule has 0 aliphatic heterocycles. The van der Waals surface area contributed by atoms with E-state index in [4.69, 9.17) is 4.98 Å². The van der Waals surface area contributed by atoms with Gasteiger partial charge in [-0.05, 0) is 42.5 Å². The third kappa shape index (κ3) is 1.83. The Bertz CT molecular complexity index is 1750. The van der Waals surface area contributed by atoms with E-state index < -0.39 is 0 Å². The van der Waals surface area contributed by atoms with Crippen LogP contribution in [0.4, 0.5) is 0 Å². The number of aryl methyl sites for hydroxylation is 1. The van der Waals surface area contributed by atoms with E-state index in [1.807, 2.05) is 6.07 Å². The normalized spacial score (nSPS) is 12.2. The predicted molar refractivity (Wildman–Crippen MR) is 124 cm³/mol. The molecule has 30 heavy (non-hydrogen) atoms. The molecule has 0 aliphatic carbocycles. The van der Waals surface area contributed by atoms with E-state index in [2.05, 4.69) is 106 Å². The van der Waals surface area contributed by atoms with Crippen LogP contribution in [-0.4, -0.2) is 18.5 Å². The topological polar surface area (TPSA) is 27.2 Å². The van der Waals surface area contributed by atoms with Crippen LogP contribution in [0.25, 0.3) is 55.3 Å². The third-order valence-electron chi connectivity index (χ3n) is 6.24. The monoisotopic (exact) mass is 386 g/mol. The summed E-state index contributed by atoms with van der Waals surface area (Å²) in [6, 6.07) is 32.0. The Labute approximate surface area is 172 Å². The van der Waals surface area contributed by atoms with Gasteiger partial charge in [0.25, 0.3) is 0 Å². The predicted octanol–water partition coefficient (Wildman–Crippen LogP) is 6.08. The highest BCUT2D eigenvalue weighted by atomic mass is 15.2. The first-order valence-corrected chi connectivity index (χ1v) is 10.2. The molecule has 0 unspecified atom stereocenters. The summed E-state index contributed by atoms with van der Waals surface area (Å²) < 4.78 is 6.90. The van der Waals surface area contributed by atoms with E-state index in [0.717, 1.165) is 22.5 Å². The number of hydrogen-bond acceptors (Lipinski definition) is 1. The molecule has 142 valence electrons. The van der Waals surface area contributed by atoms with Crippen LogP contribution >= 0.6 is 0 Å². The quantitative estimate of drug-likeness (QED) is 0.336. The second kappa shape index (κ2) is 5.51. The van der Waals surface area contributed by atoms with Gasteiger partial charge in [0, 0.05) is 29.0 Å². The Balaban J connectivity index is 1.82. The summed E-state index contributed by atoms with van der Waals surface area (Å²) in [6.07, 6.45) is 0. The van der Waals surface area contributed by atoms with Crippen LogP contribution in [0.2, 0.25) is 0 Å². The van der Waals surface area contributed by atoms with E-state index in [-0.39, 0.29) is 0 Å². The van der Waals surface area contributed by atoms with Gasteiger partial charge in [-0.1, -0.05) is 48.5 Å². The fraction of sp³-hybridized carbons (Fsp3) is 0.0385. The van der Waals surface area contributed by atoms with Gasteiger partial charge in [0.15, 0.2) is 0 Å². The van der Waals surface area contributed by atoms with Crippen LogP contribution < -0.4 is 0 Å². The van der Waals surface area contributed by atoms with Crippen molar-refractivity contribution < 1.29 is 0 Å². The van der Waals surface area contributed by atoms with Crippen LogP contribution in [-0.2, 0) is 7.05 Å². The van der Waals surface area contributed by atoms with Crippen molar-refractivity contribution in [3.8, 4) is 5.69 Å². The molecule has 0 saturated heterocycles. The largest absolute Gasteiger partial charge is 0.342 e. The molecule has 4 heteroatoms. The highest BCUT2D eigenvalue weighted by molar-refractivity contribution is 6.17. The van der Waals surface area contributed by atoms with Crippen LogP contribution in [0.5, 0.6) is 0 Å². The summed E-state index contributed by atoms with van der Waals surface area (Å²) in [5.41, 5.74) is 8.08. The van der Waals surface area contributed by atoms with Gasteiger partial charge < -0.3 is 4.57 Å². The molecule has 3 heterocycles. The van der Waals surface area contributed by atoms with E-state index in [9.17, 15) is 0 Å². The average Bonchev–Trinajstić information content (AvgIpc) is 3.42. The molecule has 0 amide bonds. The van der Waals surface area contributed by atoms with Gasteiger partial charge >= 0.3 is 0 Å². The average molecular weight is 386 g/mol. The third-order valence-corrected chi connectivity index (χ3v) is 6.24. The molecule has 0 bridgehead atoms. The molecule has 0 spiro atoms. The summed E-state index contributed by atoms with van der Waals surface area (Å²) in [7, 11) is 2.16. The highest BCUT2D eigenvalue weighted by Crippen LogP contribution is 2.37. The Morgan fingerprint density at radius 3 is 2.20 bits per heavy atom. The smallest absolute Gasteiger partial charge is 0.220 e. The number of imidazole rings is 2. The van der Waals surface area contributed by atoms with Crippen molar-refractivity contribution >= 4 is 49.7 Å². The zero-order valence-corrected chi connectivity index (χ0v) is 16.4. The van der Waals surface area contributed by atoms with Crippen LogP contribution in [0.15, 0.2) is 91.0 Å². The zero-order valence-electron chi connectivity index (χ0n) is 16.4. The molecule has 0 aliphatic rings. The number of aromatic nitrogens is 4. The molecule has 0 N–H and O–H groups in total. The summed E-state index contributed by atoms with van der Waals surface area (Å²) in [6.45, 7) is 0. The number of hydrogen-bond donors (Lipinski definition) is 0. The lowest BCUT2D eigenvalue weighted by atomic mass is 10.1. The molecule has 0 atom stereocenters. The molecule has 0 fully saturated rings. The fourth-order valence-electron chi connectivity index (χ4n) is 4.96. The number of rotatable bonds is 1. The van der Waals surface area contributed by atoms with Gasteiger partial charge in [0.05, 0.1) is 27.6 Å². The lowest BCUT2D eigenvalue weighted by Crippen LogP contribution is -1.97. The Morgan fingerprint density at radius 1 is 0.600 bits per heavy atom. The van der Waals surface area contributed by atoms with E-state index in [1.165, 1.54) is 32.8 Å². The second-order valence-electron chi connectivity index (χ2n) is 7.81.